The highest BCUT2D eigenvalue weighted by Crippen LogP contribution is 2.23. The summed E-state index contributed by atoms with van der Waals surface area (Å²) < 4.78 is 7.27. The van der Waals surface area contributed by atoms with Gasteiger partial charge in [-0.1, -0.05) is 18.2 Å². The molecule has 0 saturated heterocycles. The van der Waals surface area contributed by atoms with Crippen LogP contribution in [0.3, 0.4) is 0 Å². The van der Waals surface area contributed by atoms with Crippen molar-refractivity contribution in [2.75, 3.05) is 12.9 Å². The van der Waals surface area contributed by atoms with E-state index in [-0.39, 0.29) is 22.8 Å². The Morgan fingerprint density at radius 1 is 1.22 bits per heavy atom. The highest BCUT2D eigenvalue weighted by Gasteiger charge is 2.16. The number of carbonyl (C=O) groups is 1. The van der Waals surface area contributed by atoms with Gasteiger partial charge in [0, 0.05) is 18.5 Å². The van der Waals surface area contributed by atoms with Crippen LogP contribution >= 0.6 is 11.8 Å². The average molecular weight is 397 g/mol. The monoisotopic (exact) mass is 396 g/mol. The smallest absolute Gasteiger partial charge is 0.191 e. The molecule has 1 aliphatic rings. The molecule has 1 aromatic carbocycles. The lowest BCUT2D eigenvalue weighted by atomic mass is 10.1. The number of aromatic nitrogens is 3. The number of thioether (sulfide) groups is 1. The summed E-state index contributed by atoms with van der Waals surface area (Å²) in [6.07, 6.45) is 4.55. The third-order valence-corrected chi connectivity index (χ3v) is 4.79. The highest BCUT2D eigenvalue weighted by molar-refractivity contribution is 7.99. The molecule has 0 amide bonds. The van der Waals surface area contributed by atoms with Crippen molar-refractivity contribution in [2.45, 2.75) is 37.4 Å². The van der Waals surface area contributed by atoms with Gasteiger partial charge in [0.1, 0.15) is 11.6 Å². The van der Waals surface area contributed by atoms with Crippen LogP contribution in [-0.2, 0) is 13.0 Å². The van der Waals surface area contributed by atoms with Gasteiger partial charge < -0.3 is 26.3 Å². The minimum Gasteiger partial charge on any atom is -1.00 e. The standard InChI is InChI=1S/C16H19N3O2S.BrH/c1-21-13-8-6-12(7-9-13)14(20)11-22-16-18-17-15-5-3-2-4-10-19(15)16;/h6-9H,2-5,10-11H2,1H3;1H/p-1. The second kappa shape index (κ2) is 8.49. The largest absolute Gasteiger partial charge is 1.00 e. The Bertz CT molecular complexity index is 658. The zero-order valence-electron chi connectivity index (χ0n) is 13.0. The van der Waals surface area contributed by atoms with Gasteiger partial charge in [-0.2, -0.15) is 0 Å². The Balaban J connectivity index is 0.00000192. The number of fused-ring (bicyclic) bond motifs is 1. The molecule has 7 heteroatoms. The summed E-state index contributed by atoms with van der Waals surface area (Å²) in [4.78, 5) is 12.3. The van der Waals surface area contributed by atoms with Crippen molar-refractivity contribution in [3.05, 3.63) is 35.7 Å². The summed E-state index contributed by atoms with van der Waals surface area (Å²) in [5.74, 6) is 2.28. The topological polar surface area (TPSA) is 57.0 Å². The number of ketones is 1. The van der Waals surface area contributed by atoms with E-state index in [9.17, 15) is 4.79 Å². The molecular formula is C16H19BrN3O2S-. The molecule has 0 aliphatic carbocycles. The van der Waals surface area contributed by atoms with Gasteiger partial charge >= 0.3 is 0 Å². The summed E-state index contributed by atoms with van der Waals surface area (Å²) in [6.45, 7) is 0.960. The van der Waals surface area contributed by atoms with E-state index in [4.69, 9.17) is 4.74 Å². The number of rotatable bonds is 5. The van der Waals surface area contributed by atoms with E-state index in [1.807, 2.05) is 0 Å². The molecular weight excluding hydrogens is 378 g/mol. The van der Waals surface area contributed by atoms with Crippen molar-refractivity contribution in [3.8, 4) is 5.75 Å². The Morgan fingerprint density at radius 3 is 2.74 bits per heavy atom. The van der Waals surface area contributed by atoms with Crippen LogP contribution in [0.15, 0.2) is 29.4 Å². The second-order valence-corrected chi connectivity index (χ2v) is 6.24. The molecule has 0 spiro atoms. The number of aryl methyl sites for hydroxylation is 1. The number of Topliss-reactive ketones (excluding diaryl/α,β-unsaturated/α-hetero) is 1. The Labute approximate surface area is 150 Å². The van der Waals surface area contributed by atoms with E-state index >= 15 is 0 Å². The number of ether oxygens (including phenoxy) is 1. The van der Waals surface area contributed by atoms with Crippen LogP contribution in [0.2, 0.25) is 0 Å². The first-order valence-electron chi connectivity index (χ1n) is 7.50. The minimum atomic E-state index is 0. The molecule has 0 atom stereocenters. The Kier molecular flexibility index (Phi) is 6.65. The summed E-state index contributed by atoms with van der Waals surface area (Å²) >= 11 is 1.47. The molecule has 0 N–H and O–H groups in total. The number of hydrogen-bond donors (Lipinski definition) is 0. The second-order valence-electron chi connectivity index (χ2n) is 5.30. The maximum absolute atomic E-state index is 12.3. The fraction of sp³-hybridized carbons (Fsp3) is 0.438. The lowest BCUT2D eigenvalue weighted by Gasteiger charge is -2.06. The van der Waals surface area contributed by atoms with Gasteiger partial charge in [0.15, 0.2) is 10.9 Å². The van der Waals surface area contributed by atoms with Crippen LogP contribution in [0, 0.1) is 0 Å². The number of nitrogens with zero attached hydrogens (tertiary/aromatic N) is 3. The summed E-state index contributed by atoms with van der Waals surface area (Å²) in [5.41, 5.74) is 0.698. The van der Waals surface area contributed by atoms with Crippen LogP contribution < -0.4 is 21.7 Å². The predicted octanol–water partition coefficient (Wildman–Crippen LogP) is -0.00790. The van der Waals surface area contributed by atoms with E-state index < -0.39 is 0 Å². The highest BCUT2D eigenvalue weighted by atomic mass is 79.9. The summed E-state index contributed by atoms with van der Waals surface area (Å²) in [7, 11) is 1.61. The SMILES string of the molecule is COc1ccc(C(=O)CSc2nnc3n2CCCCC3)cc1.[Br-]. The number of halogens is 1. The van der Waals surface area contributed by atoms with Gasteiger partial charge in [0.2, 0.25) is 0 Å². The number of carbonyl (C=O) groups excluding carboxylic acids is 1. The Morgan fingerprint density at radius 2 is 2.00 bits per heavy atom. The fourth-order valence-corrected chi connectivity index (χ4v) is 3.43. The first-order chi connectivity index (χ1) is 10.8. The van der Waals surface area contributed by atoms with E-state index in [1.165, 1.54) is 24.6 Å². The van der Waals surface area contributed by atoms with Crippen LogP contribution in [-0.4, -0.2) is 33.4 Å². The molecule has 1 aromatic heterocycles. The molecule has 3 rings (SSSR count). The molecule has 0 unspecified atom stereocenters. The van der Waals surface area contributed by atoms with Gasteiger partial charge in [-0.05, 0) is 37.1 Å². The molecule has 0 fully saturated rings. The van der Waals surface area contributed by atoms with Gasteiger partial charge in [-0.25, -0.2) is 0 Å². The maximum Gasteiger partial charge on any atom is 0.191 e. The van der Waals surface area contributed by atoms with Gasteiger partial charge in [0.25, 0.3) is 0 Å². The number of benzene rings is 1. The van der Waals surface area contributed by atoms with Crippen molar-refractivity contribution in [3.63, 3.8) is 0 Å². The van der Waals surface area contributed by atoms with E-state index in [0.717, 1.165) is 36.1 Å². The van der Waals surface area contributed by atoms with Crippen LogP contribution in [0.1, 0.15) is 35.4 Å². The molecule has 124 valence electrons. The van der Waals surface area contributed by atoms with Crippen molar-refractivity contribution in [1.82, 2.24) is 14.8 Å². The van der Waals surface area contributed by atoms with Gasteiger partial charge in [-0.3, -0.25) is 4.79 Å². The molecule has 0 saturated carbocycles. The summed E-state index contributed by atoms with van der Waals surface area (Å²) in [5, 5.41) is 9.35. The maximum atomic E-state index is 12.3. The number of hydrogen-bond acceptors (Lipinski definition) is 5. The normalized spacial score (nSPS) is 13.6. The van der Waals surface area contributed by atoms with Gasteiger partial charge in [0.05, 0.1) is 12.9 Å². The summed E-state index contributed by atoms with van der Waals surface area (Å²) in [6, 6.07) is 7.21. The van der Waals surface area contributed by atoms with Crippen molar-refractivity contribution < 1.29 is 26.5 Å². The van der Waals surface area contributed by atoms with E-state index in [0.29, 0.717) is 11.3 Å². The minimum absolute atomic E-state index is 0. The number of methoxy groups -OCH3 is 1. The average Bonchev–Trinajstić information content (AvgIpc) is 2.79. The third-order valence-electron chi connectivity index (χ3n) is 3.82. The molecule has 1 aliphatic heterocycles. The van der Waals surface area contributed by atoms with Crippen LogP contribution in [0.25, 0.3) is 0 Å². The van der Waals surface area contributed by atoms with Crippen LogP contribution in [0.5, 0.6) is 5.75 Å². The quantitative estimate of drug-likeness (QED) is 0.525. The van der Waals surface area contributed by atoms with Crippen molar-refractivity contribution in [1.29, 1.82) is 0 Å². The van der Waals surface area contributed by atoms with E-state index in [1.54, 1.807) is 31.4 Å². The zero-order chi connectivity index (χ0) is 15.4. The first kappa shape index (κ1) is 18.0. The van der Waals surface area contributed by atoms with Gasteiger partial charge in [-0.15, -0.1) is 10.2 Å². The molecule has 23 heavy (non-hydrogen) atoms. The predicted molar refractivity (Wildman–Crippen MR) is 85.6 cm³/mol. The Hall–Kier alpha value is -1.34. The first-order valence-corrected chi connectivity index (χ1v) is 8.48. The molecule has 2 aromatic rings. The zero-order valence-corrected chi connectivity index (χ0v) is 15.4. The lowest BCUT2D eigenvalue weighted by molar-refractivity contribution is -0.0000127. The fourth-order valence-electron chi connectivity index (χ4n) is 2.56. The molecule has 2 heterocycles. The van der Waals surface area contributed by atoms with E-state index in [2.05, 4.69) is 14.8 Å². The van der Waals surface area contributed by atoms with Crippen molar-refractivity contribution >= 4 is 17.5 Å². The third kappa shape index (κ3) is 4.35. The molecule has 5 nitrogen and oxygen atoms in total. The van der Waals surface area contributed by atoms with Crippen LogP contribution in [0.4, 0.5) is 0 Å². The molecule has 0 bridgehead atoms. The molecule has 0 radical (unpaired) electrons. The lowest BCUT2D eigenvalue weighted by Crippen LogP contribution is -3.00. The van der Waals surface area contributed by atoms with Crippen molar-refractivity contribution in [2.24, 2.45) is 0 Å².